The van der Waals surface area contributed by atoms with Gasteiger partial charge >= 0.3 is 0 Å². The van der Waals surface area contributed by atoms with Gasteiger partial charge in [-0.25, -0.2) is 9.37 Å². The summed E-state index contributed by atoms with van der Waals surface area (Å²) in [4.78, 5) is 17.6. The van der Waals surface area contributed by atoms with Gasteiger partial charge in [-0.1, -0.05) is 23.7 Å². The number of pyridine rings is 1. The number of aromatic nitrogens is 1. The fourth-order valence-corrected chi connectivity index (χ4v) is 1.99. The summed E-state index contributed by atoms with van der Waals surface area (Å²) in [5, 5.41) is 0.113. The van der Waals surface area contributed by atoms with E-state index < -0.39 is 5.82 Å². The van der Waals surface area contributed by atoms with Crippen LogP contribution in [0.5, 0.6) is 0 Å². The van der Waals surface area contributed by atoms with Gasteiger partial charge < -0.3 is 4.90 Å². The highest BCUT2D eigenvalue weighted by Crippen LogP contribution is 2.22. The molecule has 3 nitrogen and oxygen atoms in total. The molecule has 0 aliphatic carbocycles. The molecule has 0 bridgehead atoms. The molecule has 2 rings (SSSR count). The molecule has 0 aliphatic rings. The maximum Gasteiger partial charge on any atom is 0.261 e. The van der Waals surface area contributed by atoms with Gasteiger partial charge in [-0.15, -0.1) is 0 Å². The third kappa shape index (κ3) is 2.74. The van der Waals surface area contributed by atoms with Crippen molar-refractivity contribution in [3.8, 4) is 0 Å². The Morgan fingerprint density at radius 1 is 1.32 bits per heavy atom. The molecule has 0 spiro atoms. The molecule has 0 saturated heterocycles. The van der Waals surface area contributed by atoms with Gasteiger partial charge in [-0.05, 0) is 31.2 Å². The molecule has 0 atom stereocenters. The lowest BCUT2D eigenvalue weighted by molar-refractivity contribution is 0.0987. The van der Waals surface area contributed by atoms with Crippen LogP contribution >= 0.6 is 11.6 Å². The molecule has 98 valence electrons. The van der Waals surface area contributed by atoms with Crippen LogP contribution in [0.2, 0.25) is 5.15 Å². The summed E-state index contributed by atoms with van der Waals surface area (Å²) < 4.78 is 13.8. The number of rotatable bonds is 3. The highest BCUT2D eigenvalue weighted by molar-refractivity contribution is 6.33. The first-order valence-electron chi connectivity index (χ1n) is 5.82. The van der Waals surface area contributed by atoms with Gasteiger partial charge in [0.1, 0.15) is 11.0 Å². The molecule has 0 N–H and O–H groups in total. The van der Waals surface area contributed by atoms with Crippen LogP contribution in [0.4, 0.5) is 10.1 Å². The first-order valence-corrected chi connectivity index (χ1v) is 6.20. The van der Waals surface area contributed by atoms with Gasteiger partial charge in [0.05, 0.1) is 11.3 Å². The molecule has 0 unspecified atom stereocenters. The van der Waals surface area contributed by atoms with Crippen molar-refractivity contribution in [3.63, 3.8) is 0 Å². The van der Waals surface area contributed by atoms with E-state index in [-0.39, 0.29) is 22.3 Å². The van der Waals surface area contributed by atoms with E-state index in [0.29, 0.717) is 6.54 Å². The molecular formula is C14H12ClFN2O. The largest absolute Gasteiger partial charge is 0.306 e. The van der Waals surface area contributed by atoms with E-state index >= 15 is 0 Å². The van der Waals surface area contributed by atoms with Crippen molar-refractivity contribution in [2.24, 2.45) is 0 Å². The average molecular weight is 279 g/mol. The second-order valence-corrected chi connectivity index (χ2v) is 4.20. The van der Waals surface area contributed by atoms with E-state index in [2.05, 4.69) is 4.98 Å². The number of amides is 1. The number of benzene rings is 1. The fourth-order valence-electron chi connectivity index (χ4n) is 1.78. The summed E-state index contributed by atoms with van der Waals surface area (Å²) >= 11 is 5.90. The number of carbonyl (C=O) groups excluding carboxylic acids is 1. The number of halogens is 2. The zero-order valence-electron chi connectivity index (χ0n) is 10.3. The van der Waals surface area contributed by atoms with Crippen LogP contribution in [0.1, 0.15) is 17.3 Å². The van der Waals surface area contributed by atoms with E-state index in [1.807, 2.05) is 0 Å². The quantitative estimate of drug-likeness (QED) is 0.805. The second kappa shape index (κ2) is 5.80. The Kier molecular flexibility index (Phi) is 4.12. The SMILES string of the molecule is CCN(C(=O)c1cccnc1Cl)c1ccccc1F. The highest BCUT2D eigenvalue weighted by Gasteiger charge is 2.21. The topological polar surface area (TPSA) is 33.2 Å². The standard InChI is InChI=1S/C14H12ClFN2O/c1-2-18(12-8-4-3-7-11(12)16)14(19)10-6-5-9-17-13(10)15/h3-9H,2H2,1H3. The van der Waals surface area contributed by atoms with Crippen LogP contribution < -0.4 is 4.90 Å². The van der Waals surface area contributed by atoms with Crippen molar-refractivity contribution in [3.05, 3.63) is 59.1 Å². The van der Waals surface area contributed by atoms with Gasteiger partial charge in [0, 0.05) is 12.7 Å². The number of para-hydroxylation sites is 1. The van der Waals surface area contributed by atoms with Gasteiger partial charge in [0.2, 0.25) is 0 Å². The number of hydrogen-bond donors (Lipinski definition) is 0. The zero-order chi connectivity index (χ0) is 13.8. The number of hydrogen-bond acceptors (Lipinski definition) is 2. The molecule has 1 amide bonds. The summed E-state index contributed by atoms with van der Waals surface area (Å²) in [6.45, 7) is 2.11. The zero-order valence-corrected chi connectivity index (χ0v) is 11.1. The molecule has 0 aliphatic heterocycles. The summed E-state index contributed by atoms with van der Waals surface area (Å²) in [5.74, 6) is -0.816. The lowest BCUT2D eigenvalue weighted by atomic mass is 10.2. The van der Waals surface area contributed by atoms with Crippen molar-refractivity contribution < 1.29 is 9.18 Å². The van der Waals surface area contributed by atoms with Gasteiger partial charge in [0.25, 0.3) is 5.91 Å². The van der Waals surface area contributed by atoms with Crippen molar-refractivity contribution in [1.82, 2.24) is 4.98 Å². The minimum Gasteiger partial charge on any atom is -0.306 e. The summed E-state index contributed by atoms with van der Waals surface area (Å²) in [6, 6.07) is 9.32. The average Bonchev–Trinajstić information content (AvgIpc) is 2.42. The molecule has 1 aromatic carbocycles. The van der Waals surface area contributed by atoms with Gasteiger partial charge in [-0.2, -0.15) is 0 Å². The Morgan fingerprint density at radius 2 is 2.05 bits per heavy atom. The number of carbonyl (C=O) groups is 1. The van der Waals surface area contributed by atoms with E-state index in [9.17, 15) is 9.18 Å². The predicted molar refractivity (Wildman–Crippen MR) is 73.0 cm³/mol. The minimum atomic E-state index is -0.447. The van der Waals surface area contributed by atoms with E-state index in [4.69, 9.17) is 11.6 Å². The Morgan fingerprint density at radius 3 is 2.68 bits per heavy atom. The van der Waals surface area contributed by atoms with Crippen molar-refractivity contribution in [2.75, 3.05) is 11.4 Å². The maximum atomic E-state index is 13.8. The Bertz CT molecular complexity index is 604. The third-order valence-electron chi connectivity index (χ3n) is 2.69. The summed E-state index contributed by atoms with van der Waals surface area (Å²) in [6.07, 6.45) is 1.50. The molecule has 1 heterocycles. The van der Waals surface area contributed by atoms with Gasteiger partial charge in [-0.3, -0.25) is 4.79 Å². The van der Waals surface area contributed by atoms with Crippen molar-refractivity contribution >= 4 is 23.2 Å². The van der Waals surface area contributed by atoms with Crippen LogP contribution in [0.25, 0.3) is 0 Å². The van der Waals surface area contributed by atoms with Crippen LogP contribution in [0.15, 0.2) is 42.6 Å². The Balaban J connectivity index is 2.41. The maximum absolute atomic E-state index is 13.8. The van der Waals surface area contributed by atoms with E-state index in [1.54, 1.807) is 37.3 Å². The van der Waals surface area contributed by atoms with Crippen molar-refractivity contribution in [2.45, 2.75) is 6.92 Å². The minimum absolute atomic E-state index is 0.113. The summed E-state index contributed by atoms with van der Waals surface area (Å²) in [5.41, 5.74) is 0.490. The van der Waals surface area contributed by atoms with E-state index in [1.165, 1.54) is 17.2 Å². The normalized spacial score (nSPS) is 10.3. The predicted octanol–water partition coefficient (Wildman–Crippen LogP) is 3.54. The number of anilines is 1. The lowest BCUT2D eigenvalue weighted by Gasteiger charge is -2.21. The fraction of sp³-hybridized carbons (Fsp3) is 0.143. The first kappa shape index (κ1) is 13.5. The highest BCUT2D eigenvalue weighted by atomic mass is 35.5. The van der Waals surface area contributed by atoms with Gasteiger partial charge in [0.15, 0.2) is 0 Å². The van der Waals surface area contributed by atoms with Crippen LogP contribution in [-0.2, 0) is 0 Å². The van der Waals surface area contributed by atoms with Crippen LogP contribution in [0, 0.1) is 5.82 Å². The molecule has 19 heavy (non-hydrogen) atoms. The Hall–Kier alpha value is -1.94. The lowest BCUT2D eigenvalue weighted by Crippen LogP contribution is -2.31. The molecule has 0 fully saturated rings. The molecule has 5 heteroatoms. The van der Waals surface area contributed by atoms with E-state index in [0.717, 1.165) is 0 Å². The molecular weight excluding hydrogens is 267 g/mol. The van der Waals surface area contributed by atoms with Crippen LogP contribution in [-0.4, -0.2) is 17.4 Å². The molecule has 2 aromatic rings. The van der Waals surface area contributed by atoms with Crippen molar-refractivity contribution in [1.29, 1.82) is 0 Å². The molecule has 0 saturated carbocycles. The number of nitrogens with zero attached hydrogens (tertiary/aromatic N) is 2. The summed E-state index contributed by atoms with van der Waals surface area (Å²) in [7, 11) is 0. The Labute approximate surface area is 115 Å². The molecule has 1 aromatic heterocycles. The van der Waals surface area contributed by atoms with Crippen LogP contribution in [0.3, 0.4) is 0 Å². The second-order valence-electron chi connectivity index (χ2n) is 3.84. The molecule has 0 radical (unpaired) electrons. The smallest absolute Gasteiger partial charge is 0.261 e. The third-order valence-corrected chi connectivity index (χ3v) is 3.00. The first-order chi connectivity index (χ1) is 9.15. The monoisotopic (exact) mass is 278 g/mol.